The SMILES string of the molecule is C#Cc1cnn(C(C)c2c(Cl)cccc2Cl)c1. The van der Waals surface area contributed by atoms with E-state index in [-0.39, 0.29) is 6.04 Å². The average Bonchev–Trinajstić information content (AvgIpc) is 2.77. The predicted octanol–water partition coefficient (Wildman–Crippen LogP) is 3.78. The molecule has 0 bridgehead atoms. The van der Waals surface area contributed by atoms with Crippen LogP contribution >= 0.6 is 23.2 Å². The third kappa shape index (κ3) is 2.31. The molecule has 0 spiro atoms. The second kappa shape index (κ2) is 4.83. The lowest BCUT2D eigenvalue weighted by Gasteiger charge is -2.15. The molecule has 0 aliphatic heterocycles. The maximum absolute atomic E-state index is 6.15. The van der Waals surface area contributed by atoms with E-state index < -0.39 is 0 Å². The summed E-state index contributed by atoms with van der Waals surface area (Å²) < 4.78 is 1.75. The van der Waals surface area contributed by atoms with Gasteiger partial charge in [-0.1, -0.05) is 35.2 Å². The van der Waals surface area contributed by atoms with Gasteiger partial charge in [-0.3, -0.25) is 4.68 Å². The van der Waals surface area contributed by atoms with Crippen LogP contribution < -0.4 is 0 Å². The minimum atomic E-state index is -0.0571. The number of halogens is 2. The largest absolute Gasteiger partial charge is 0.264 e. The minimum absolute atomic E-state index is 0.0571. The van der Waals surface area contributed by atoms with Crippen LogP contribution in [0.1, 0.15) is 24.1 Å². The normalized spacial score (nSPS) is 12.1. The van der Waals surface area contributed by atoms with Crippen molar-refractivity contribution in [3.63, 3.8) is 0 Å². The Labute approximate surface area is 110 Å². The summed E-state index contributed by atoms with van der Waals surface area (Å²) in [5.41, 5.74) is 1.59. The summed E-state index contributed by atoms with van der Waals surface area (Å²) in [6, 6.07) is 5.38. The van der Waals surface area contributed by atoms with Crippen molar-refractivity contribution in [1.29, 1.82) is 0 Å². The van der Waals surface area contributed by atoms with Crippen LogP contribution in [0.5, 0.6) is 0 Å². The molecular weight excluding hydrogens is 255 g/mol. The highest BCUT2D eigenvalue weighted by Gasteiger charge is 2.15. The fraction of sp³-hybridized carbons (Fsp3) is 0.154. The number of nitrogens with zero attached hydrogens (tertiary/aromatic N) is 2. The summed E-state index contributed by atoms with van der Waals surface area (Å²) in [6.45, 7) is 1.97. The molecule has 0 N–H and O–H groups in total. The van der Waals surface area contributed by atoms with E-state index in [4.69, 9.17) is 29.6 Å². The Morgan fingerprint density at radius 2 is 2.00 bits per heavy atom. The van der Waals surface area contributed by atoms with Gasteiger partial charge in [0.05, 0.1) is 17.8 Å². The van der Waals surface area contributed by atoms with Gasteiger partial charge in [-0.15, -0.1) is 6.42 Å². The molecule has 17 heavy (non-hydrogen) atoms. The molecule has 2 rings (SSSR count). The van der Waals surface area contributed by atoms with E-state index >= 15 is 0 Å². The quantitative estimate of drug-likeness (QED) is 0.755. The van der Waals surface area contributed by atoms with Crippen molar-refractivity contribution < 1.29 is 0 Å². The summed E-state index contributed by atoms with van der Waals surface area (Å²) in [5.74, 6) is 2.53. The topological polar surface area (TPSA) is 17.8 Å². The number of hydrogen-bond acceptors (Lipinski definition) is 1. The molecule has 0 saturated carbocycles. The number of rotatable bonds is 2. The van der Waals surface area contributed by atoms with Crippen LogP contribution in [0.3, 0.4) is 0 Å². The first-order valence-corrected chi connectivity index (χ1v) is 5.83. The molecule has 0 fully saturated rings. The van der Waals surface area contributed by atoms with E-state index in [0.29, 0.717) is 10.0 Å². The van der Waals surface area contributed by atoms with Crippen molar-refractivity contribution in [3.8, 4) is 12.3 Å². The van der Waals surface area contributed by atoms with Crippen LogP contribution in [0.2, 0.25) is 10.0 Å². The summed E-state index contributed by atoms with van der Waals surface area (Å²) in [7, 11) is 0. The molecule has 86 valence electrons. The van der Waals surface area contributed by atoms with E-state index in [1.807, 2.05) is 25.1 Å². The molecule has 0 amide bonds. The highest BCUT2D eigenvalue weighted by atomic mass is 35.5. The van der Waals surface area contributed by atoms with Crippen molar-refractivity contribution in [2.24, 2.45) is 0 Å². The van der Waals surface area contributed by atoms with Crippen LogP contribution in [0.25, 0.3) is 0 Å². The fourth-order valence-corrected chi connectivity index (χ4v) is 2.38. The lowest BCUT2D eigenvalue weighted by Crippen LogP contribution is -2.08. The maximum Gasteiger partial charge on any atom is 0.0769 e. The molecular formula is C13H10Cl2N2. The second-order valence-corrected chi connectivity index (χ2v) is 4.48. The van der Waals surface area contributed by atoms with Gasteiger partial charge in [0.25, 0.3) is 0 Å². The molecule has 4 heteroatoms. The Morgan fingerprint density at radius 3 is 2.53 bits per heavy atom. The predicted molar refractivity (Wildman–Crippen MR) is 70.4 cm³/mol. The molecule has 1 heterocycles. The number of hydrogen-bond donors (Lipinski definition) is 0. The number of benzene rings is 1. The molecule has 1 atom stereocenters. The van der Waals surface area contributed by atoms with Gasteiger partial charge in [-0.25, -0.2) is 0 Å². The van der Waals surface area contributed by atoms with Gasteiger partial charge in [-0.05, 0) is 19.1 Å². The van der Waals surface area contributed by atoms with Crippen molar-refractivity contribution in [3.05, 3.63) is 51.8 Å². The Hall–Kier alpha value is -1.43. The van der Waals surface area contributed by atoms with Crippen LogP contribution in [0.15, 0.2) is 30.6 Å². The van der Waals surface area contributed by atoms with Crippen LogP contribution in [-0.4, -0.2) is 9.78 Å². The van der Waals surface area contributed by atoms with E-state index in [1.54, 1.807) is 17.1 Å². The van der Waals surface area contributed by atoms with Crippen LogP contribution in [0, 0.1) is 12.3 Å². The molecule has 2 nitrogen and oxygen atoms in total. The summed E-state index contributed by atoms with van der Waals surface area (Å²) in [6.07, 6.45) is 8.74. The first-order valence-electron chi connectivity index (χ1n) is 5.08. The Balaban J connectivity index is 2.44. The van der Waals surface area contributed by atoms with E-state index in [0.717, 1.165) is 11.1 Å². The van der Waals surface area contributed by atoms with Gasteiger partial charge < -0.3 is 0 Å². The molecule has 0 saturated heterocycles. The zero-order valence-electron chi connectivity index (χ0n) is 9.19. The van der Waals surface area contributed by atoms with E-state index in [1.165, 1.54) is 0 Å². The number of aromatic nitrogens is 2. The zero-order chi connectivity index (χ0) is 12.4. The smallest absolute Gasteiger partial charge is 0.0769 e. The maximum atomic E-state index is 6.15. The Morgan fingerprint density at radius 1 is 1.35 bits per heavy atom. The van der Waals surface area contributed by atoms with Gasteiger partial charge >= 0.3 is 0 Å². The summed E-state index contributed by atoms with van der Waals surface area (Å²) in [4.78, 5) is 0. The van der Waals surface area contributed by atoms with Gasteiger partial charge in [0.1, 0.15) is 0 Å². The molecule has 2 aromatic rings. The molecule has 1 aromatic carbocycles. The van der Waals surface area contributed by atoms with E-state index in [9.17, 15) is 0 Å². The average molecular weight is 265 g/mol. The first-order chi connectivity index (χ1) is 8.13. The van der Waals surface area contributed by atoms with Crippen molar-refractivity contribution >= 4 is 23.2 Å². The third-order valence-electron chi connectivity index (χ3n) is 2.58. The van der Waals surface area contributed by atoms with Gasteiger partial charge in [-0.2, -0.15) is 5.10 Å². The van der Waals surface area contributed by atoms with Crippen molar-refractivity contribution in [2.45, 2.75) is 13.0 Å². The minimum Gasteiger partial charge on any atom is -0.264 e. The summed E-state index contributed by atoms with van der Waals surface area (Å²) in [5, 5.41) is 5.46. The van der Waals surface area contributed by atoms with Crippen LogP contribution in [-0.2, 0) is 0 Å². The van der Waals surface area contributed by atoms with Crippen molar-refractivity contribution in [1.82, 2.24) is 9.78 Å². The zero-order valence-corrected chi connectivity index (χ0v) is 10.7. The standard InChI is InChI=1S/C13H10Cl2N2/c1-3-10-7-16-17(8-10)9(2)13-11(14)5-4-6-12(13)15/h1,4-9H,2H3. The summed E-state index contributed by atoms with van der Waals surface area (Å²) >= 11 is 12.3. The second-order valence-electron chi connectivity index (χ2n) is 3.66. The lowest BCUT2D eigenvalue weighted by atomic mass is 10.1. The molecule has 1 unspecified atom stereocenters. The van der Waals surface area contributed by atoms with Crippen molar-refractivity contribution in [2.75, 3.05) is 0 Å². The first kappa shape index (κ1) is 12.0. The lowest BCUT2D eigenvalue weighted by molar-refractivity contribution is 0.565. The molecule has 0 aliphatic rings. The third-order valence-corrected chi connectivity index (χ3v) is 3.24. The molecule has 0 aliphatic carbocycles. The van der Waals surface area contributed by atoms with Crippen LogP contribution in [0.4, 0.5) is 0 Å². The molecule has 0 radical (unpaired) electrons. The van der Waals surface area contributed by atoms with E-state index in [2.05, 4.69) is 11.0 Å². The van der Waals surface area contributed by atoms with Gasteiger partial charge in [0.2, 0.25) is 0 Å². The highest BCUT2D eigenvalue weighted by molar-refractivity contribution is 6.36. The van der Waals surface area contributed by atoms with Gasteiger partial charge in [0.15, 0.2) is 0 Å². The molecule has 1 aromatic heterocycles. The monoisotopic (exact) mass is 264 g/mol. The Kier molecular flexibility index (Phi) is 3.42. The highest BCUT2D eigenvalue weighted by Crippen LogP contribution is 2.31. The number of terminal acetylenes is 1. The fourth-order valence-electron chi connectivity index (χ4n) is 1.67. The Bertz CT molecular complexity index is 561. The van der Waals surface area contributed by atoms with Gasteiger partial charge in [0, 0.05) is 21.8 Å².